The third-order valence-electron chi connectivity index (χ3n) is 1.93. The number of hydrogen-bond acceptors (Lipinski definition) is 3. The highest BCUT2D eigenvalue weighted by Crippen LogP contribution is 2.28. The van der Waals surface area contributed by atoms with Gasteiger partial charge in [-0.15, -0.1) is 0 Å². The summed E-state index contributed by atoms with van der Waals surface area (Å²) in [5.74, 6) is -3.24. The monoisotopic (exact) mass is 239 g/mol. The molecule has 0 spiro atoms. The van der Waals surface area contributed by atoms with Crippen LogP contribution in [-0.4, -0.2) is 46.8 Å². The summed E-state index contributed by atoms with van der Waals surface area (Å²) in [6.45, 7) is 3.77. The quantitative estimate of drug-likeness (QED) is 0.702. The number of rotatable bonds is 0. The Morgan fingerprint density at radius 2 is 2.00 bits per heavy atom. The van der Waals surface area contributed by atoms with Crippen molar-refractivity contribution in [3.05, 3.63) is 0 Å². The molecule has 1 unspecified atom stereocenters. The maximum atomic E-state index is 12.9. The van der Waals surface area contributed by atoms with Crippen LogP contribution in [0.1, 0.15) is 28.2 Å². The Morgan fingerprint density at radius 3 is 2.31 bits per heavy atom. The average Bonchev–Trinajstić information content (AvgIpc) is 2.23. The smallest absolute Gasteiger partial charge is 0.410 e. The van der Waals surface area contributed by atoms with Crippen LogP contribution in [0, 0.1) is 0 Å². The van der Waals surface area contributed by atoms with E-state index in [2.05, 4.69) is 0 Å². The van der Waals surface area contributed by atoms with Gasteiger partial charge in [-0.05, 0) is 20.8 Å². The summed E-state index contributed by atoms with van der Waals surface area (Å²) in [7, 11) is 0. The maximum absolute atomic E-state index is 12.9. The van der Waals surface area contributed by atoms with Crippen molar-refractivity contribution in [1.29, 1.82) is 0 Å². The molecule has 0 aromatic rings. The highest BCUT2D eigenvalue weighted by Gasteiger charge is 2.49. The lowest BCUT2D eigenvalue weighted by molar-refractivity contribution is -0.0732. The molecule has 1 heterocycles. The van der Waals surface area contributed by atoms with E-state index in [0.717, 1.165) is 4.90 Å². The molecule has 96 valence electrons. The first-order chi connectivity index (χ1) is 6.62. The Hall–Kier alpha value is -0.910. The Labute approximate surface area is 94.2 Å². The van der Waals surface area contributed by atoms with E-state index >= 15 is 0 Å². The first kappa shape index (κ1) is 15.1. The zero-order valence-corrected chi connectivity index (χ0v) is 8.96. The highest BCUT2D eigenvalue weighted by atomic mass is 19.3. The van der Waals surface area contributed by atoms with Gasteiger partial charge in [0.05, 0.1) is 13.1 Å². The number of amides is 1. The van der Waals surface area contributed by atoms with Crippen LogP contribution in [0.25, 0.3) is 0 Å². The largest absolute Gasteiger partial charge is 0.444 e. The third kappa shape index (κ3) is 3.59. The van der Waals surface area contributed by atoms with Gasteiger partial charge < -0.3 is 9.84 Å². The van der Waals surface area contributed by atoms with Gasteiger partial charge in [-0.2, -0.15) is 0 Å². The van der Waals surface area contributed by atoms with E-state index in [1.165, 1.54) is 0 Å². The van der Waals surface area contributed by atoms with Crippen molar-refractivity contribution in [3.63, 3.8) is 0 Å². The van der Waals surface area contributed by atoms with Gasteiger partial charge in [0.2, 0.25) is 0 Å². The van der Waals surface area contributed by atoms with E-state index in [4.69, 9.17) is 9.84 Å². The molecule has 0 aromatic heterocycles. The number of aliphatic hydroxyl groups is 1. The molecule has 1 saturated heterocycles. The number of ether oxygens (including phenoxy) is 1. The van der Waals surface area contributed by atoms with Crippen molar-refractivity contribution in [2.75, 3.05) is 13.1 Å². The molecule has 1 rings (SSSR count). The van der Waals surface area contributed by atoms with Crippen molar-refractivity contribution in [2.45, 2.75) is 45.8 Å². The second kappa shape index (κ2) is 4.53. The lowest BCUT2D eigenvalue weighted by Crippen LogP contribution is -2.36. The van der Waals surface area contributed by atoms with Crippen molar-refractivity contribution >= 4 is 6.09 Å². The summed E-state index contributed by atoms with van der Waals surface area (Å²) >= 11 is 0. The number of aliphatic hydroxyl groups excluding tert-OH is 1. The summed E-state index contributed by atoms with van der Waals surface area (Å²) in [5, 5.41) is 8.98. The molecule has 0 aromatic carbocycles. The first-order valence-electron chi connectivity index (χ1n) is 4.66. The van der Waals surface area contributed by atoms with Crippen LogP contribution in [-0.2, 0) is 4.74 Å². The fourth-order valence-electron chi connectivity index (χ4n) is 1.23. The van der Waals surface area contributed by atoms with Crippen molar-refractivity contribution in [2.24, 2.45) is 0 Å². The molecule has 0 radical (unpaired) electrons. The van der Waals surface area contributed by atoms with Gasteiger partial charge in [-0.25, -0.2) is 13.6 Å². The van der Waals surface area contributed by atoms with Gasteiger partial charge in [0.1, 0.15) is 11.7 Å². The summed E-state index contributed by atoms with van der Waals surface area (Å²) in [4.78, 5) is 12.2. The molecule has 1 fully saturated rings. The predicted octanol–water partition coefficient (Wildman–Crippen LogP) is 1.87. The molecule has 0 saturated carbocycles. The molecule has 1 amide bonds. The number of carbonyl (C=O) groups is 1. The fourth-order valence-corrected chi connectivity index (χ4v) is 1.23. The number of alkyl halides is 2. The Bertz CT molecular complexity index is 263. The van der Waals surface area contributed by atoms with Crippen LogP contribution >= 0.6 is 0 Å². The van der Waals surface area contributed by atoms with E-state index in [0.29, 0.717) is 0 Å². The molecule has 4 nitrogen and oxygen atoms in total. The Morgan fingerprint density at radius 1 is 1.50 bits per heavy atom. The van der Waals surface area contributed by atoms with E-state index in [1.54, 1.807) is 20.8 Å². The van der Waals surface area contributed by atoms with E-state index in [1.807, 2.05) is 0 Å². The van der Waals surface area contributed by atoms with Crippen molar-refractivity contribution in [3.8, 4) is 0 Å². The van der Waals surface area contributed by atoms with Gasteiger partial charge in [-0.3, -0.25) is 4.90 Å². The average molecular weight is 239 g/mol. The molecule has 1 aliphatic heterocycles. The third-order valence-corrected chi connectivity index (χ3v) is 1.93. The number of carbonyl (C=O) groups excluding carboxylic acids is 1. The number of halogens is 2. The second-order valence-electron chi connectivity index (χ2n) is 4.64. The highest BCUT2D eigenvalue weighted by molar-refractivity contribution is 5.68. The lowest BCUT2D eigenvalue weighted by Gasteiger charge is -2.23. The summed E-state index contributed by atoms with van der Waals surface area (Å²) in [5.41, 5.74) is -0.722. The zero-order chi connectivity index (χ0) is 11.9. The van der Waals surface area contributed by atoms with Gasteiger partial charge in [0, 0.05) is 0 Å². The van der Waals surface area contributed by atoms with E-state index in [-0.39, 0.29) is 14.0 Å². The Balaban J connectivity index is 0.00000225. The summed E-state index contributed by atoms with van der Waals surface area (Å²) in [6.07, 6.45) is -2.62. The minimum Gasteiger partial charge on any atom is -0.444 e. The molecule has 0 bridgehead atoms. The SMILES string of the molecule is C.CC(C)(C)OC(=O)N1CC(O)C(F)(F)C1. The molecular weight excluding hydrogens is 220 g/mol. The molecular formula is C10H19F2NO3. The lowest BCUT2D eigenvalue weighted by atomic mass is 10.2. The minimum atomic E-state index is -3.24. The van der Waals surface area contributed by atoms with Crippen LogP contribution in [0.3, 0.4) is 0 Å². The second-order valence-corrected chi connectivity index (χ2v) is 4.64. The van der Waals surface area contributed by atoms with E-state index < -0.39 is 30.3 Å². The maximum Gasteiger partial charge on any atom is 0.410 e. The standard InChI is InChI=1S/C9H15F2NO3.CH4/c1-8(2,3)15-7(14)12-4-6(13)9(10,11)5-12;/h6,13H,4-5H2,1-3H3;1H4. The van der Waals surface area contributed by atoms with Crippen LogP contribution in [0.15, 0.2) is 0 Å². The number of nitrogens with zero attached hydrogens (tertiary/aromatic N) is 1. The number of likely N-dealkylation sites (tertiary alicyclic amines) is 1. The summed E-state index contributed by atoms with van der Waals surface area (Å²) < 4.78 is 30.7. The number of β-amino-alcohol motifs (C(OH)–C–C–N with tert-alkyl or cyclic N) is 1. The van der Waals surface area contributed by atoms with Gasteiger partial charge in [0.25, 0.3) is 5.92 Å². The molecule has 1 atom stereocenters. The minimum absolute atomic E-state index is 0. The van der Waals surface area contributed by atoms with Gasteiger partial charge >= 0.3 is 6.09 Å². The van der Waals surface area contributed by atoms with Crippen LogP contribution in [0.2, 0.25) is 0 Å². The van der Waals surface area contributed by atoms with E-state index in [9.17, 15) is 13.6 Å². The number of hydrogen-bond donors (Lipinski definition) is 1. The predicted molar refractivity (Wildman–Crippen MR) is 55.5 cm³/mol. The molecule has 0 aliphatic carbocycles. The van der Waals surface area contributed by atoms with Gasteiger partial charge in [-0.1, -0.05) is 7.43 Å². The topological polar surface area (TPSA) is 49.8 Å². The van der Waals surface area contributed by atoms with Gasteiger partial charge in [0.15, 0.2) is 0 Å². The zero-order valence-electron chi connectivity index (χ0n) is 8.96. The van der Waals surface area contributed by atoms with Crippen LogP contribution in [0.4, 0.5) is 13.6 Å². The molecule has 6 heteroatoms. The first-order valence-corrected chi connectivity index (χ1v) is 4.66. The summed E-state index contributed by atoms with van der Waals surface area (Å²) in [6, 6.07) is 0. The molecule has 1 aliphatic rings. The normalized spacial score (nSPS) is 23.9. The molecule has 16 heavy (non-hydrogen) atoms. The van der Waals surface area contributed by atoms with Crippen molar-refractivity contribution < 1.29 is 23.4 Å². The fraction of sp³-hybridized carbons (Fsp3) is 0.900. The van der Waals surface area contributed by atoms with Crippen LogP contribution < -0.4 is 0 Å². The molecule has 1 N–H and O–H groups in total. The van der Waals surface area contributed by atoms with Crippen molar-refractivity contribution in [1.82, 2.24) is 4.90 Å². The van der Waals surface area contributed by atoms with Crippen LogP contribution in [0.5, 0.6) is 0 Å². The Kier molecular flexibility index (Phi) is 4.27.